The highest BCUT2D eigenvalue weighted by molar-refractivity contribution is 5.99. The summed E-state index contributed by atoms with van der Waals surface area (Å²) in [6.07, 6.45) is 1.58. The van der Waals surface area contributed by atoms with Gasteiger partial charge in [0.05, 0.1) is 6.20 Å². The van der Waals surface area contributed by atoms with E-state index in [0.29, 0.717) is 12.4 Å². The first-order chi connectivity index (χ1) is 8.29. The minimum absolute atomic E-state index is 0.317. The maximum absolute atomic E-state index is 11.6. The molecule has 2 amide bonds. The van der Waals surface area contributed by atoms with Crippen LogP contribution >= 0.6 is 0 Å². The second kappa shape index (κ2) is 5.13. The highest BCUT2D eigenvalue weighted by Crippen LogP contribution is 2.11. The summed E-state index contributed by atoms with van der Waals surface area (Å²) in [5, 5.41) is 11.8. The van der Waals surface area contributed by atoms with E-state index in [1.54, 1.807) is 18.3 Å². The van der Waals surface area contributed by atoms with E-state index in [9.17, 15) is 4.79 Å². The second-order valence-corrected chi connectivity index (χ2v) is 3.42. The molecular formula is C11H13N5O. The largest absolute Gasteiger partial charge is 0.326 e. The van der Waals surface area contributed by atoms with Crippen LogP contribution in [-0.4, -0.2) is 16.2 Å². The van der Waals surface area contributed by atoms with Crippen molar-refractivity contribution in [3.8, 4) is 0 Å². The van der Waals surface area contributed by atoms with Gasteiger partial charge in [0.2, 0.25) is 0 Å². The molecule has 0 saturated carbocycles. The van der Waals surface area contributed by atoms with Crippen molar-refractivity contribution >= 4 is 17.5 Å². The molecule has 88 valence electrons. The van der Waals surface area contributed by atoms with E-state index in [-0.39, 0.29) is 6.03 Å². The average molecular weight is 231 g/mol. The normalized spacial score (nSPS) is 9.94. The number of hydrogen-bond acceptors (Lipinski definition) is 3. The average Bonchev–Trinajstić information content (AvgIpc) is 2.77. The first kappa shape index (κ1) is 11.2. The van der Waals surface area contributed by atoms with E-state index in [1.807, 2.05) is 18.2 Å². The lowest BCUT2D eigenvalue weighted by Gasteiger charge is -2.06. The van der Waals surface area contributed by atoms with Crippen LogP contribution in [-0.2, 0) is 6.54 Å². The molecule has 0 aliphatic rings. The molecule has 1 aromatic heterocycles. The molecule has 5 N–H and O–H groups in total. The van der Waals surface area contributed by atoms with Crippen molar-refractivity contribution in [2.75, 3.05) is 10.6 Å². The highest BCUT2D eigenvalue weighted by atomic mass is 16.2. The lowest BCUT2D eigenvalue weighted by molar-refractivity contribution is 0.262. The predicted octanol–water partition coefficient (Wildman–Crippen LogP) is 1.51. The van der Waals surface area contributed by atoms with Gasteiger partial charge < -0.3 is 11.1 Å². The Balaban J connectivity index is 1.98. The van der Waals surface area contributed by atoms with Crippen LogP contribution in [0.5, 0.6) is 0 Å². The molecular weight excluding hydrogens is 218 g/mol. The van der Waals surface area contributed by atoms with E-state index in [1.165, 1.54) is 0 Å². The standard InChI is InChI=1S/C11H13N5O/c12-6-8-7-13-16-10(8)15-11(17)14-9-4-2-1-3-5-9/h1-5,7H,6,12H2,(H3,13,14,15,16,17). The van der Waals surface area contributed by atoms with Gasteiger partial charge in [-0.25, -0.2) is 4.79 Å². The van der Waals surface area contributed by atoms with Gasteiger partial charge in [-0.1, -0.05) is 18.2 Å². The molecule has 1 heterocycles. The monoisotopic (exact) mass is 231 g/mol. The van der Waals surface area contributed by atoms with Gasteiger partial charge in [0, 0.05) is 17.8 Å². The quantitative estimate of drug-likeness (QED) is 0.644. The third kappa shape index (κ3) is 2.82. The van der Waals surface area contributed by atoms with Crippen molar-refractivity contribution in [3.63, 3.8) is 0 Å². The first-order valence-corrected chi connectivity index (χ1v) is 5.15. The summed E-state index contributed by atoms with van der Waals surface area (Å²) in [6, 6.07) is 8.83. The van der Waals surface area contributed by atoms with Crippen molar-refractivity contribution in [3.05, 3.63) is 42.1 Å². The van der Waals surface area contributed by atoms with Crippen LogP contribution < -0.4 is 16.4 Å². The molecule has 17 heavy (non-hydrogen) atoms. The van der Waals surface area contributed by atoms with Gasteiger partial charge in [-0.15, -0.1) is 0 Å². The van der Waals surface area contributed by atoms with Gasteiger partial charge in [-0.2, -0.15) is 5.10 Å². The fraction of sp³-hybridized carbons (Fsp3) is 0.0909. The number of rotatable bonds is 3. The van der Waals surface area contributed by atoms with Crippen molar-refractivity contribution in [1.82, 2.24) is 10.2 Å². The number of H-pyrrole nitrogens is 1. The smallest absolute Gasteiger partial charge is 0.324 e. The molecule has 0 radical (unpaired) electrons. The van der Waals surface area contributed by atoms with E-state index in [0.717, 1.165) is 11.3 Å². The maximum atomic E-state index is 11.6. The molecule has 1 aromatic carbocycles. The lowest BCUT2D eigenvalue weighted by atomic mass is 10.3. The third-order valence-corrected chi connectivity index (χ3v) is 2.21. The number of hydrogen-bond donors (Lipinski definition) is 4. The number of nitrogens with two attached hydrogens (primary N) is 1. The van der Waals surface area contributed by atoms with Gasteiger partial charge in [-0.3, -0.25) is 10.4 Å². The molecule has 0 spiro atoms. The Morgan fingerprint density at radius 3 is 2.76 bits per heavy atom. The van der Waals surface area contributed by atoms with Crippen molar-refractivity contribution in [2.45, 2.75) is 6.54 Å². The van der Waals surface area contributed by atoms with Crippen LogP contribution in [0, 0.1) is 0 Å². The molecule has 0 unspecified atom stereocenters. The second-order valence-electron chi connectivity index (χ2n) is 3.42. The molecule has 0 bridgehead atoms. The van der Waals surface area contributed by atoms with E-state index in [2.05, 4.69) is 20.8 Å². The number of urea groups is 1. The molecule has 0 saturated heterocycles. The molecule has 0 atom stereocenters. The Bertz CT molecular complexity index is 494. The van der Waals surface area contributed by atoms with Crippen molar-refractivity contribution in [1.29, 1.82) is 0 Å². The fourth-order valence-corrected chi connectivity index (χ4v) is 1.37. The molecule has 0 fully saturated rings. The molecule has 2 rings (SSSR count). The Labute approximate surface area is 98.2 Å². The van der Waals surface area contributed by atoms with E-state index < -0.39 is 0 Å². The van der Waals surface area contributed by atoms with Crippen LogP contribution in [0.2, 0.25) is 0 Å². The number of aromatic nitrogens is 2. The number of aromatic amines is 1. The van der Waals surface area contributed by atoms with Crippen molar-refractivity contribution < 1.29 is 4.79 Å². The number of nitrogens with zero attached hydrogens (tertiary/aromatic N) is 1. The Morgan fingerprint density at radius 2 is 2.06 bits per heavy atom. The number of amides is 2. The van der Waals surface area contributed by atoms with Gasteiger partial charge in [0.1, 0.15) is 5.82 Å². The van der Waals surface area contributed by atoms with Crippen LogP contribution in [0.25, 0.3) is 0 Å². The third-order valence-electron chi connectivity index (χ3n) is 2.21. The summed E-state index contributed by atoms with van der Waals surface area (Å²) in [7, 11) is 0. The van der Waals surface area contributed by atoms with Gasteiger partial charge >= 0.3 is 6.03 Å². The number of para-hydroxylation sites is 1. The fourth-order valence-electron chi connectivity index (χ4n) is 1.37. The summed E-state index contributed by atoms with van der Waals surface area (Å²) in [4.78, 5) is 11.6. The van der Waals surface area contributed by atoms with Crippen LogP contribution in [0.4, 0.5) is 16.3 Å². The summed E-state index contributed by atoms with van der Waals surface area (Å²) >= 11 is 0. The Morgan fingerprint density at radius 1 is 1.29 bits per heavy atom. The molecule has 0 aliphatic heterocycles. The SMILES string of the molecule is NCc1cn[nH]c1NC(=O)Nc1ccccc1. The number of nitrogens with one attached hydrogen (secondary N) is 3. The summed E-state index contributed by atoms with van der Waals surface area (Å²) in [5.74, 6) is 0.515. The zero-order valence-corrected chi connectivity index (χ0v) is 9.10. The van der Waals surface area contributed by atoms with Crippen LogP contribution in [0.1, 0.15) is 5.56 Å². The van der Waals surface area contributed by atoms with Gasteiger partial charge in [0.25, 0.3) is 0 Å². The molecule has 0 aliphatic carbocycles. The Hall–Kier alpha value is -2.34. The molecule has 2 aromatic rings. The lowest BCUT2D eigenvalue weighted by Crippen LogP contribution is -2.20. The van der Waals surface area contributed by atoms with Crippen molar-refractivity contribution in [2.24, 2.45) is 5.73 Å². The van der Waals surface area contributed by atoms with E-state index >= 15 is 0 Å². The predicted molar refractivity (Wildman–Crippen MR) is 65.6 cm³/mol. The number of carbonyl (C=O) groups excluding carboxylic acids is 1. The summed E-state index contributed by atoms with van der Waals surface area (Å²) in [5.41, 5.74) is 6.97. The van der Waals surface area contributed by atoms with Crippen LogP contribution in [0.15, 0.2) is 36.5 Å². The number of carbonyl (C=O) groups is 1. The molecule has 6 heteroatoms. The Kier molecular flexibility index (Phi) is 3.37. The number of anilines is 2. The van der Waals surface area contributed by atoms with E-state index in [4.69, 9.17) is 5.73 Å². The minimum Gasteiger partial charge on any atom is -0.326 e. The highest BCUT2D eigenvalue weighted by Gasteiger charge is 2.07. The summed E-state index contributed by atoms with van der Waals surface area (Å²) in [6.45, 7) is 0.317. The zero-order chi connectivity index (χ0) is 12.1. The minimum atomic E-state index is -0.338. The zero-order valence-electron chi connectivity index (χ0n) is 9.10. The van der Waals surface area contributed by atoms with Crippen LogP contribution in [0.3, 0.4) is 0 Å². The van der Waals surface area contributed by atoms with Gasteiger partial charge in [-0.05, 0) is 12.1 Å². The maximum Gasteiger partial charge on any atom is 0.324 e. The summed E-state index contributed by atoms with van der Waals surface area (Å²) < 4.78 is 0. The first-order valence-electron chi connectivity index (χ1n) is 5.15. The topological polar surface area (TPSA) is 95.8 Å². The van der Waals surface area contributed by atoms with Gasteiger partial charge in [0.15, 0.2) is 0 Å². The molecule has 6 nitrogen and oxygen atoms in total. The number of benzene rings is 1.